The van der Waals surface area contributed by atoms with E-state index in [-0.39, 0.29) is 30.5 Å². The molecule has 0 unspecified atom stereocenters. The number of rotatable bonds is 7. The van der Waals surface area contributed by atoms with Crippen molar-refractivity contribution in [1.29, 1.82) is 0 Å². The van der Waals surface area contributed by atoms with E-state index in [0.29, 0.717) is 32.0 Å². The molecular formula is C19H30N2O4. The molecule has 0 radical (unpaired) electrons. The maximum atomic E-state index is 12.0. The van der Waals surface area contributed by atoms with Gasteiger partial charge in [0, 0.05) is 25.2 Å². The number of aromatic hydroxyl groups is 1. The molecule has 1 aliphatic rings. The average molecular weight is 350 g/mol. The highest BCUT2D eigenvalue weighted by atomic mass is 16.6. The summed E-state index contributed by atoms with van der Waals surface area (Å²) in [4.78, 5) is 13.7. The van der Waals surface area contributed by atoms with Gasteiger partial charge in [-0.1, -0.05) is 26.0 Å². The number of ether oxygens (including phenoxy) is 1. The normalized spacial score (nSPS) is 16.9. The number of nitrogens with one attached hydrogen (secondary N) is 1. The molecule has 140 valence electrons. The number of likely N-dealkylation sites (tertiary alicyclic amines) is 1. The number of hydrogen-bond donors (Lipinski definition) is 3. The van der Waals surface area contributed by atoms with Crippen LogP contribution in [0.25, 0.3) is 0 Å². The lowest BCUT2D eigenvalue weighted by Crippen LogP contribution is -2.49. The minimum absolute atomic E-state index is 0.0333. The van der Waals surface area contributed by atoms with E-state index in [9.17, 15) is 15.0 Å². The fraction of sp³-hybridized carbons (Fsp3) is 0.632. The first kappa shape index (κ1) is 19.5. The third-order valence-corrected chi connectivity index (χ3v) is 4.40. The predicted molar refractivity (Wildman–Crippen MR) is 96.6 cm³/mol. The van der Waals surface area contributed by atoms with Gasteiger partial charge in [0.1, 0.15) is 5.75 Å². The molecule has 1 aromatic carbocycles. The number of piperidine rings is 1. The largest absolute Gasteiger partial charge is 0.508 e. The molecule has 3 N–H and O–H groups in total. The molecule has 0 spiro atoms. The molecule has 25 heavy (non-hydrogen) atoms. The highest BCUT2D eigenvalue weighted by molar-refractivity contribution is 5.67. The van der Waals surface area contributed by atoms with Crippen LogP contribution in [-0.4, -0.2) is 59.6 Å². The van der Waals surface area contributed by atoms with Crippen molar-refractivity contribution in [3.05, 3.63) is 29.8 Å². The Kier molecular flexibility index (Phi) is 7.52. The predicted octanol–water partition coefficient (Wildman–Crippen LogP) is 2.14. The van der Waals surface area contributed by atoms with Crippen LogP contribution < -0.4 is 5.32 Å². The molecule has 0 bridgehead atoms. The van der Waals surface area contributed by atoms with E-state index in [2.05, 4.69) is 5.32 Å². The van der Waals surface area contributed by atoms with Crippen LogP contribution in [0.3, 0.4) is 0 Å². The third kappa shape index (κ3) is 6.55. The van der Waals surface area contributed by atoms with Crippen LogP contribution in [0.1, 0.15) is 32.3 Å². The number of carbonyl (C=O) groups excluding carboxylic acids is 1. The van der Waals surface area contributed by atoms with E-state index in [1.165, 1.54) is 0 Å². The van der Waals surface area contributed by atoms with E-state index in [1.54, 1.807) is 17.0 Å². The van der Waals surface area contributed by atoms with Gasteiger partial charge in [-0.25, -0.2) is 4.79 Å². The monoisotopic (exact) mass is 350 g/mol. The second-order valence-corrected chi connectivity index (χ2v) is 7.15. The number of amides is 1. The van der Waals surface area contributed by atoms with Gasteiger partial charge in [-0.05, 0) is 42.9 Å². The van der Waals surface area contributed by atoms with Gasteiger partial charge in [0.2, 0.25) is 0 Å². The van der Waals surface area contributed by atoms with E-state index < -0.39 is 0 Å². The maximum Gasteiger partial charge on any atom is 0.409 e. The summed E-state index contributed by atoms with van der Waals surface area (Å²) in [5.41, 5.74) is 1.07. The van der Waals surface area contributed by atoms with Crippen LogP contribution in [0.15, 0.2) is 24.3 Å². The van der Waals surface area contributed by atoms with Gasteiger partial charge in [-0.15, -0.1) is 0 Å². The molecule has 0 aromatic heterocycles. The first-order valence-electron chi connectivity index (χ1n) is 9.04. The van der Waals surface area contributed by atoms with Gasteiger partial charge in [-0.3, -0.25) is 0 Å². The topological polar surface area (TPSA) is 82.0 Å². The Bertz CT molecular complexity index is 525. The quantitative estimate of drug-likeness (QED) is 0.702. The van der Waals surface area contributed by atoms with Crippen LogP contribution in [0.5, 0.6) is 5.75 Å². The van der Waals surface area contributed by atoms with Crippen LogP contribution in [-0.2, 0) is 11.2 Å². The van der Waals surface area contributed by atoms with E-state index in [4.69, 9.17) is 4.74 Å². The molecule has 6 nitrogen and oxygen atoms in total. The second-order valence-electron chi connectivity index (χ2n) is 7.15. The minimum Gasteiger partial charge on any atom is -0.508 e. The molecule has 1 aliphatic heterocycles. The van der Waals surface area contributed by atoms with E-state index in [1.807, 2.05) is 26.0 Å². The number of hydrogen-bond acceptors (Lipinski definition) is 5. The molecular weight excluding hydrogens is 320 g/mol. The average Bonchev–Trinajstić information content (AvgIpc) is 2.61. The molecule has 1 saturated heterocycles. The summed E-state index contributed by atoms with van der Waals surface area (Å²) in [6.07, 6.45) is 2.18. The lowest BCUT2D eigenvalue weighted by Gasteiger charge is -2.34. The molecule has 1 fully saturated rings. The van der Waals surface area contributed by atoms with Gasteiger partial charge in [0.15, 0.2) is 0 Å². The van der Waals surface area contributed by atoms with Crippen molar-refractivity contribution in [2.75, 3.05) is 26.3 Å². The second kappa shape index (κ2) is 9.63. The van der Waals surface area contributed by atoms with Crippen molar-refractivity contribution in [1.82, 2.24) is 10.2 Å². The summed E-state index contributed by atoms with van der Waals surface area (Å²) >= 11 is 0. The number of carbonyl (C=O) groups is 1. The van der Waals surface area contributed by atoms with Gasteiger partial charge in [0.25, 0.3) is 0 Å². The van der Waals surface area contributed by atoms with Crippen molar-refractivity contribution >= 4 is 6.09 Å². The third-order valence-electron chi connectivity index (χ3n) is 4.40. The summed E-state index contributed by atoms with van der Waals surface area (Å²) in [6, 6.07) is 7.30. The molecule has 1 aromatic rings. The smallest absolute Gasteiger partial charge is 0.409 e. The van der Waals surface area contributed by atoms with Crippen molar-refractivity contribution < 1.29 is 19.7 Å². The van der Waals surface area contributed by atoms with Gasteiger partial charge in [0.05, 0.1) is 13.2 Å². The fourth-order valence-electron chi connectivity index (χ4n) is 2.98. The van der Waals surface area contributed by atoms with Crippen molar-refractivity contribution in [2.45, 2.75) is 45.2 Å². The Balaban J connectivity index is 1.75. The zero-order valence-corrected chi connectivity index (χ0v) is 15.1. The summed E-state index contributed by atoms with van der Waals surface area (Å²) in [5, 5.41) is 22.5. The Morgan fingerprint density at radius 1 is 1.28 bits per heavy atom. The minimum atomic E-state index is -0.227. The molecule has 2 rings (SSSR count). The Hall–Kier alpha value is -1.79. The van der Waals surface area contributed by atoms with Gasteiger partial charge < -0.3 is 25.2 Å². The summed E-state index contributed by atoms with van der Waals surface area (Å²) in [5.74, 6) is 0.586. The molecule has 0 aliphatic carbocycles. The lowest BCUT2D eigenvalue weighted by molar-refractivity contribution is 0.0801. The number of benzene rings is 1. The van der Waals surface area contributed by atoms with Crippen molar-refractivity contribution in [3.63, 3.8) is 0 Å². The molecule has 0 saturated carbocycles. The summed E-state index contributed by atoms with van der Waals surface area (Å²) < 4.78 is 5.28. The Morgan fingerprint density at radius 2 is 1.92 bits per heavy atom. The number of nitrogens with zero attached hydrogens (tertiary/aromatic N) is 1. The highest BCUT2D eigenvalue weighted by Crippen LogP contribution is 2.15. The summed E-state index contributed by atoms with van der Waals surface area (Å²) in [6.45, 7) is 5.89. The lowest BCUT2D eigenvalue weighted by atomic mass is 10.0. The fourth-order valence-corrected chi connectivity index (χ4v) is 2.98. The van der Waals surface area contributed by atoms with Gasteiger partial charge in [-0.2, -0.15) is 0 Å². The molecule has 1 atom stereocenters. The number of aliphatic hydroxyl groups excluding tert-OH is 1. The first-order chi connectivity index (χ1) is 12.0. The van der Waals surface area contributed by atoms with Crippen molar-refractivity contribution in [3.8, 4) is 5.75 Å². The van der Waals surface area contributed by atoms with Crippen LogP contribution in [0.4, 0.5) is 4.79 Å². The van der Waals surface area contributed by atoms with Crippen LogP contribution in [0.2, 0.25) is 0 Å². The molecule has 1 heterocycles. The van der Waals surface area contributed by atoms with Crippen molar-refractivity contribution in [2.24, 2.45) is 5.92 Å². The Labute approximate surface area is 149 Å². The van der Waals surface area contributed by atoms with E-state index >= 15 is 0 Å². The van der Waals surface area contributed by atoms with E-state index in [0.717, 1.165) is 18.4 Å². The molecule has 6 heteroatoms. The number of phenolic OH excluding ortho intramolecular Hbond substituents is 1. The standard InChI is InChI=1S/C19H30N2O4/c1-14(2)13-25-19(24)21-9-7-16(8-10-21)20-17(12-22)11-15-3-5-18(23)6-4-15/h3-6,14,16-17,20,22-23H,7-13H2,1-2H3/t17-/m0/s1. The number of aliphatic hydroxyl groups is 1. The zero-order valence-electron chi connectivity index (χ0n) is 15.1. The highest BCUT2D eigenvalue weighted by Gasteiger charge is 2.25. The van der Waals surface area contributed by atoms with Gasteiger partial charge >= 0.3 is 6.09 Å². The van der Waals surface area contributed by atoms with Crippen LogP contribution >= 0.6 is 0 Å². The number of phenols is 1. The molecule has 1 amide bonds. The maximum absolute atomic E-state index is 12.0. The van der Waals surface area contributed by atoms with Crippen LogP contribution in [0, 0.1) is 5.92 Å². The zero-order chi connectivity index (χ0) is 18.2. The SMILES string of the molecule is CC(C)COC(=O)N1CCC(N[C@H](CO)Cc2ccc(O)cc2)CC1. The first-order valence-corrected chi connectivity index (χ1v) is 9.04. The Morgan fingerprint density at radius 3 is 2.48 bits per heavy atom. The summed E-state index contributed by atoms with van der Waals surface area (Å²) in [7, 11) is 0.